The van der Waals surface area contributed by atoms with E-state index in [0.29, 0.717) is 25.4 Å². The summed E-state index contributed by atoms with van der Waals surface area (Å²) in [5, 5.41) is 10.9. The van der Waals surface area contributed by atoms with Gasteiger partial charge < -0.3 is 10.1 Å². The molecule has 1 N–H and O–H groups in total. The van der Waals surface area contributed by atoms with Crippen molar-refractivity contribution in [3.8, 4) is 0 Å². The molecule has 1 heterocycles. The molecule has 0 amide bonds. The molecule has 114 valence electrons. The summed E-state index contributed by atoms with van der Waals surface area (Å²) >= 11 is 3.04. The van der Waals surface area contributed by atoms with Gasteiger partial charge >= 0.3 is 0 Å². The predicted octanol–water partition coefficient (Wildman–Crippen LogP) is 2.10. The Bertz CT molecular complexity index is 606. The maximum absolute atomic E-state index is 13.9. The molecule has 0 fully saturated rings. The van der Waals surface area contributed by atoms with E-state index in [0.717, 1.165) is 0 Å². The Morgan fingerprint density at radius 3 is 2.95 bits per heavy atom. The zero-order chi connectivity index (χ0) is 15.2. The van der Waals surface area contributed by atoms with E-state index in [1.54, 1.807) is 13.3 Å². The van der Waals surface area contributed by atoms with Gasteiger partial charge in [-0.2, -0.15) is 0 Å². The SMILES string of the molecule is COCCNCc1cn(Cc2c(F)ccc(Br)c2F)nn1. The largest absolute Gasteiger partial charge is 0.383 e. The van der Waals surface area contributed by atoms with Crippen LogP contribution >= 0.6 is 15.9 Å². The average Bonchev–Trinajstić information content (AvgIpc) is 2.92. The third kappa shape index (κ3) is 4.29. The Morgan fingerprint density at radius 2 is 2.19 bits per heavy atom. The number of halogens is 3. The number of aromatic nitrogens is 3. The van der Waals surface area contributed by atoms with Crippen LogP contribution in [0.25, 0.3) is 0 Å². The lowest BCUT2D eigenvalue weighted by Gasteiger charge is -2.06. The molecule has 2 rings (SSSR count). The highest BCUT2D eigenvalue weighted by Crippen LogP contribution is 2.22. The van der Waals surface area contributed by atoms with Crippen molar-refractivity contribution in [1.29, 1.82) is 0 Å². The minimum atomic E-state index is -0.620. The van der Waals surface area contributed by atoms with Crippen LogP contribution in [0.2, 0.25) is 0 Å². The maximum Gasteiger partial charge on any atom is 0.145 e. The Balaban J connectivity index is 2.01. The Kier molecular flexibility index (Phi) is 5.77. The first-order valence-corrected chi connectivity index (χ1v) is 7.12. The van der Waals surface area contributed by atoms with Crippen molar-refractivity contribution in [3.63, 3.8) is 0 Å². The summed E-state index contributed by atoms with van der Waals surface area (Å²) in [5.41, 5.74) is 0.648. The molecule has 1 aromatic carbocycles. The fraction of sp³-hybridized carbons (Fsp3) is 0.385. The van der Waals surface area contributed by atoms with Crippen molar-refractivity contribution in [2.24, 2.45) is 0 Å². The number of benzene rings is 1. The van der Waals surface area contributed by atoms with E-state index in [1.807, 2.05) is 0 Å². The number of hydrogen-bond acceptors (Lipinski definition) is 4. The molecule has 2 aromatic rings. The zero-order valence-corrected chi connectivity index (χ0v) is 13.0. The summed E-state index contributed by atoms with van der Waals surface area (Å²) in [5.74, 6) is -1.23. The molecule has 1 aromatic heterocycles. The van der Waals surface area contributed by atoms with Crippen LogP contribution in [-0.2, 0) is 17.8 Å². The van der Waals surface area contributed by atoms with Crippen LogP contribution in [0.4, 0.5) is 8.78 Å². The summed E-state index contributed by atoms with van der Waals surface area (Å²) < 4.78 is 34.1. The second-order valence-corrected chi connectivity index (χ2v) is 5.25. The molecule has 8 heteroatoms. The molecule has 0 saturated carbocycles. The number of methoxy groups -OCH3 is 1. The summed E-state index contributed by atoms with van der Waals surface area (Å²) in [6.07, 6.45) is 1.65. The highest BCUT2D eigenvalue weighted by atomic mass is 79.9. The zero-order valence-electron chi connectivity index (χ0n) is 11.4. The number of nitrogens with zero attached hydrogens (tertiary/aromatic N) is 3. The quantitative estimate of drug-likeness (QED) is 0.606. The Morgan fingerprint density at radius 1 is 1.38 bits per heavy atom. The molecule has 0 spiro atoms. The molecular weight excluding hydrogens is 346 g/mol. The minimum absolute atomic E-state index is 0.0117. The monoisotopic (exact) mass is 360 g/mol. The molecule has 0 aliphatic rings. The number of rotatable bonds is 7. The van der Waals surface area contributed by atoms with Crippen LogP contribution in [0.5, 0.6) is 0 Å². The van der Waals surface area contributed by atoms with Crippen molar-refractivity contribution < 1.29 is 13.5 Å². The van der Waals surface area contributed by atoms with Gasteiger partial charge in [0.1, 0.15) is 11.6 Å². The van der Waals surface area contributed by atoms with Gasteiger partial charge in [-0.1, -0.05) is 5.21 Å². The van der Waals surface area contributed by atoms with Crippen LogP contribution in [0.3, 0.4) is 0 Å². The summed E-state index contributed by atoms with van der Waals surface area (Å²) in [7, 11) is 1.62. The lowest BCUT2D eigenvalue weighted by atomic mass is 10.2. The van der Waals surface area contributed by atoms with Gasteiger partial charge in [-0.15, -0.1) is 5.10 Å². The van der Waals surface area contributed by atoms with Gasteiger partial charge in [0.05, 0.1) is 29.5 Å². The van der Waals surface area contributed by atoms with Crippen LogP contribution in [0.1, 0.15) is 11.3 Å². The fourth-order valence-electron chi connectivity index (χ4n) is 1.76. The van der Waals surface area contributed by atoms with Crippen LogP contribution < -0.4 is 5.32 Å². The lowest BCUT2D eigenvalue weighted by Crippen LogP contribution is -2.18. The van der Waals surface area contributed by atoms with E-state index in [9.17, 15) is 8.78 Å². The highest BCUT2D eigenvalue weighted by molar-refractivity contribution is 9.10. The van der Waals surface area contributed by atoms with E-state index in [1.165, 1.54) is 16.8 Å². The summed E-state index contributed by atoms with van der Waals surface area (Å²) in [6.45, 7) is 1.80. The first-order chi connectivity index (χ1) is 10.1. The van der Waals surface area contributed by atoms with Gasteiger partial charge in [-0.05, 0) is 28.1 Å². The minimum Gasteiger partial charge on any atom is -0.383 e. The van der Waals surface area contributed by atoms with Gasteiger partial charge in [0.2, 0.25) is 0 Å². The first-order valence-electron chi connectivity index (χ1n) is 6.33. The molecular formula is C13H15BrF2N4O. The molecule has 0 unspecified atom stereocenters. The van der Waals surface area contributed by atoms with Crippen LogP contribution in [0.15, 0.2) is 22.8 Å². The molecule has 0 atom stereocenters. The molecule has 5 nitrogen and oxygen atoms in total. The summed E-state index contributed by atoms with van der Waals surface area (Å²) in [4.78, 5) is 0. The van der Waals surface area contributed by atoms with E-state index in [-0.39, 0.29) is 16.6 Å². The smallest absolute Gasteiger partial charge is 0.145 e. The third-order valence-electron chi connectivity index (χ3n) is 2.83. The number of nitrogens with one attached hydrogen (secondary N) is 1. The number of hydrogen-bond donors (Lipinski definition) is 1. The molecule has 21 heavy (non-hydrogen) atoms. The normalized spacial score (nSPS) is 11.0. The first kappa shape index (κ1) is 16.0. The Hall–Kier alpha value is -1.38. The maximum atomic E-state index is 13.9. The van der Waals surface area contributed by atoms with E-state index in [2.05, 4.69) is 31.6 Å². The van der Waals surface area contributed by atoms with Crippen LogP contribution in [-0.4, -0.2) is 35.3 Å². The van der Waals surface area contributed by atoms with Crippen LogP contribution in [0, 0.1) is 11.6 Å². The average molecular weight is 361 g/mol. The van der Waals surface area contributed by atoms with Gasteiger partial charge in [-0.25, -0.2) is 13.5 Å². The molecule has 0 radical (unpaired) electrons. The molecule has 0 saturated heterocycles. The van der Waals surface area contributed by atoms with Crippen molar-refractivity contribution >= 4 is 15.9 Å². The second kappa shape index (κ2) is 7.58. The molecule has 0 aliphatic heterocycles. The topological polar surface area (TPSA) is 52.0 Å². The van der Waals surface area contributed by atoms with Crippen molar-refractivity contribution in [2.75, 3.05) is 20.3 Å². The molecule has 0 aliphatic carbocycles. The number of ether oxygens (including phenoxy) is 1. The third-order valence-corrected chi connectivity index (χ3v) is 3.45. The van der Waals surface area contributed by atoms with E-state index >= 15 is 0 Å². The highest BCUT2D eigenvalue weighted by Gasteiger charge is 2.13. The van der Waals surface area contributed by atoms with Crippen molar-refractivity contribution in [2.45, 2.75) is 13.1 Å². The van der Waals surface area contributed by atoms with Crippen molar-refractivity contribution in [1.82, 2.24) is 20.3 Å². The Labute approximate surface area is 129 Å². The second-order valence-electron chi connectivity index (χ2n) is 4.40. The van der Waals surface area contributed by atoms with Gasteiger partial charge in [0.25, 0.3) is 0 Å². The van der Waals surface area contributed by atoms with Gasteiger partial charge in [-0.3, -0.25) is 0 Å². The van der Waals surface area contributed by atoms with Crippen molar-refractivity contribution in [3.05, 3.63) is 45.7 Å². The molecule has 0 bridgehead atoms. The fourth-order valence-corrected chi connectivity index (χ4v) is 2.13. The lowest BCUT2D eigenvalue weighted by molar-refractivity contribution is 0.199. The summed E-state index contributed by atoms with van der Waals surface area (Å²) in [6, 6.07) is 2.55. The van der Waals surface area contributed by atoms with Gasteiger partial charge in [0, 0.05) is 25.8 Å². The van der Waals surface area contributed by atoms with E-state index < -0.39 is 11.6 Å². The van der Waals surface area contributed by atoms with E-state index in [4.69, 9.17) is 4.74 Å². The standard InChI is InChI=1S/C13H15BrF2N4O/c1-21-5-4-17-6-9-7-20(19-18-9)8-10-12(15)3-2-11(14)13(10)16/h2-3,7,17H,4-6,8H2,1H3. The van der Waals surface area contributed by atoms with Gasteiger partial charge in [0.15, 0.2) is 0 Å². The predicted molar refractivity (Wildman–Crippen MR) is 76.8 cm³/mol.